The van der Waals surface area contributed by atoms with Crippen LogP contribution in [-0.2, 0) is 29.0 Å². The van der Waals surface area contributed by atoms with Crippen molar-refractivity contribution in [3.63, 3.8) is 0 Å². The maximum atomic E-state index is 12.6. The maximum Gasteiger partial charge on any atom is 0.341 e. The van der Waals surface area contributed by atoms with E-state index in [0.29, 0.717) is 27.8 Å². The standard InChI is InChI=1S/C25H25ClN2O3S2/c1-31-25(30)23-20-11-13-28(15-17-5-3-2-4-6-17)16-21(20)33-24(23)27-22(29)12-14-32-19-9-7-18(26)8-10-19/h2-10H,11-16H2,1H3,(H,27,29). The summed E-state index contributed by atoms with van der Waals surface area (Å²) >= 11 is 9.00. The predicted octanol–water partition coefficient (Wildman–Crippen LogP) is 5.87. The van der Waals surface area contributed by atoms with Gasteiger partial charge in [-0.2, -0.15) is 0 Å². The van der Waals surface area contributed by atoms with Crippen LogP contribution in [0.2, 0.25) is 5.02 Å². The Hall–Kier alpha value is -2.32. The van der Waals surface area contributed by atoms with Gasteiger partial charge < -0.3 is 10.1 Å². The molecule has 4 rings (SSSR count). The Morgan fingerprint density at radius 3 is 2.64 bits per heavy atom. The van der Waals surface area contributed by atoms with Crippen molar-refractivity contribution in [1.29, 1.82) is 0 Å². The molecule has 0 radical (unpaired) electrons. The molecular weight excluding hydrogens is 476 g/mol. The van der Waals surface area contributed by atoms with Crippen molar-refractivity contribution in [1.82, 2.24) is 4.90 Å². The number of halogens is 1. The number of esters is 1. The summed E-state index contributed by atoms with van der Waals surface area (Å²) in [7, 11) is 1.38. The molecule has 1 amide bonds. The minimum absolute atomic E-state index is 0.110. The molecule has 0 saturated heterocycles. The lowest BCUT2D eigenvalue weighted by atomic mass is 10.0. The first-order valence-corrected chi connectivity index (χ1v) is 12.9. The molecule has 8 heteroatoms. The van der Waals surface area contributed by atoms with Crippen LogP contribution >= 0.6 is 34.7 Å². The summed E-state index contributed by atoms with van der Waals surface area (Å²) in [5.74, 6) is 0.132. The van der Waals surface area contributed by atoms with Crippen LogP contribution in [0, 0.1) is 0 Å². The molecule has 1 aromatic heterocycles. The summed E-state index contributed by atoms with van der Waals surface area (Å²) in [4.78, 5) is 29.7. The highest BCUT2D eigenvalue weighted by Gasteiger charge is 2.29. The number of rotatable bonds is 8. The third-order valence-electron chi connectivity index (χ3n) is 5.44. The highest BCUT2D eigenvalue weighted by molar-refractivity contribution is 7.99. The average Bonchev–Trinajstić information content (AvgIpc) is 3.17. The molecule has 0 bridgehead atoms. The highest BCUT2D eigenvalue weighted by Crippen LogP contribution is 2.38. The van der Waals surface area contributed by atoms with Crippen LogP contribution in [0.1, 0.15) is 32.8 Å². The molecule has 2 aromatic carbocycles. The number of thiophene rings is 1. The Balaban J connectivity index is 1.41. The summed E-state index contributed by atoms with van der Waals surface area (Å²) in [6.45, 7) is 2.46. The lowest BCUT2D eigenvalue weighted by Gasteiger charge is -2.27. The van der Waals surface area contributed by atoms with Crippen LogP contribution in [0.5, 0.6) is 0 Å². The normalized spacial score (nSPS) is 13.4. The second kappa shape index (κ2) is 11.2. The van der Waals surface area contributed by atoms with E-state index in [1.165, 1.54) is 24.0 Å². The Labute approximate surface area is 207 Å². The van der Waals surface area contributed by atoms with Crippen molar-refractivity contribution in [3.8, 4) is 0 Å². The van der Waals surface area contributed by atoms with Gasteiger partial charge in [-0.1, -0.05) is 41.9 Å². The van der Waals surface area contributed by atoms with Crippen LogP contribution in [-0.4, -0.2) is 36.2 Å². The van der Waals surface area contributed by atoms with Gasteiger partial charge in [0.15, 0.2) is 0 Å². The van der Waals surface area contributed by atoms with Crippen molar-refractivity contribution in [2.75, 3.05) is 24.7 Å². The minimum atomic E-state index is -0.394. The largest absolute Gasteiger partial charge is 0.465 e. The minimum Gasteiger partial charge on any atom is -0.465 e. The number of anilines is 1. The smallest absolute Gasteiger partial charge is 0.341 e. The van der Waals surface area contributed by atoms with E-state index in [9.17, 15) is 9.59 Å². The fourth-order valence-corrected chi connectivity index (χ4v) is 6.09. The summed E-state index contributed by atoms with van der Waals surface area (Å²) in [5.41, 5.74) is 2.77. The summed E-state index contributed by atoms with van der Waals surface area (Å²) in [5, 5.41) is 4.25. The lowest BCUT2D eigenvalue weighted by Crippen LogP contribution is -2.29. The molecule has 0 saturated carbocycles. The Morgan fingerprint density at radius 2 is 1.91 bits per heavy atom. The number of methoxy groups -OCH3 is 1. The second-order valence-corrected chi connectivity index (χ2v) is 10.5. The molecule has 3 aromatic rings. The van der Waals surface area contributed by atoms with Gasteiger partial charge in [-0.3, -0.25) is 9.69 Å². The van der Waals surface area contributed by atoms with Crippen molar-refractivity contribution in [2.24, 2.45) is 0 Å². The van der Waals surface area contributed by atoms with Gasteiger partial charge in [0.2, 0.25) is 5.91 Å². The van der Waals surface area contributed by atoms with Crippen molar-refractivity contribution >= 4 is 51.6 Å². The van der Waals surface area contributed by atoms with E-state index >= 15 is 0 Å². The molecular formula is C25H25ClN2O3S2. The zero-order valence-corrected chi connectivity index (χ0v) is 20.7. The number of fused-ring (bicyclic) bond motifs is 1. The number of ether oxygens (including phenoxy) is 1. The van der Waals surface area contributed by atoms with Crippen LogP contribution in [0.25, 0.3) is 0 Å². The fourth-order valence-electron chi connectivity index (χ4n) is 3.82. The number of amides is 1. The van der Waals surface area contributed by atoms with E-state index in [4.69, 9.17) is 16.3 Å². The summed E-state index contributed by atoms with van der Waals surface area (Å²) in [6, 6.07) is 17.9. The van der Waals surface area contributed by atoms with E-state index < -0.39 is 5.97 Å². The molecule has 0 fully saturated rings. The highest BCUT2D eigenvalue weighted by atomic mass is 35.5. The first kappa shape index (κ1) is 23.8. The second-order valence-electron chi connectivity index (χ2n) is 7.75. The van der Waals surface area contributed by atoms with Crippen molar-refractivity contribution in [2.45, 2.75) is 30.8 Å². The van der Waals surface area contributed by atoms with Crippen LogP contribution in [0.4, 0.5) is 5.00 Å². The predicted molar refractivity (Wildman–Crippen MR) is 135 cm³/mol. The van der Waals surface area contributed by atoms with Gasteiger partial charge in [0.1, 0.15) is 5.00 Å². The third kappa shape index (κ3) is 6.18. The Bertz CT molecular complexity index is 1120. The number of carbonyl (C=O) groups is 2. The molecule has 0 atom stereocenters. The third-order valence-corrected chi connectivity index (χ3v) is 7.84. The number of hydrogen-bond donors (Lipinski definition) is 1. The first-order chi connectivity index (χ1) is 16.0. The lowest BCUT2D eigenvalue weighted by molar-refractivity contribution is -0.115. The number of carbonyl (C=O) groups excluding carboxylic acids is 2. The molecule has 1 aliphatic heterocycles. The molecule has 33 heavy (non-hydrogen) atoms. The van der Waals surface area contributed by atoms with Gasteiger partial charge in [0, 0.05) is 46.6 Å². The van der Waals surface area contributed by atoms with Gasteiger partial charge >= 0.3 is 5.97 Å². The molecule has 1 aliphatic rings. The zero-order valence-electron chi connectivity index (χ0n) is 18.3. The number of thioether (sulfide) groups is 1. The molecule has 5 nitrogen and oxygen atoms in total. The fraction of sp³-hybridized carbons (Fsp3) is 0.280. The SMILES string of the molecule is COC(=O)c1c(NC(=O)CCSc2ccc(Cl)cc2)sc2c1CCN(Cc1ccccc1)C2. The van der Waals surface area contributed by atoms with Gasteiger partial charge in [0.05, 0.1) is 12.7 Å². The number of nitrogens with one attached hydrogen (secondary N) is 1. The summed E-state index contributed by atoms with van der Waals surface area (Å²) in [6.07, 6.45) is 1.10. The molecule has 172 valence electrons. The molecule has 0 unspecified atom stereocenters. The topological polar surface area (TPSA) is 58.6 Å². The van der Waals surface area contributed by atoms with E-state index in [1.807, 2.05) is 42.5 Å². The van der Waals surface area contributed by atoms with Crippen LogP contribution < -0.4 is 5.32 Å². The zero-order chi connectivity index (χ0) is 23.2. The molecule has 2 heterocycles. The quantitative estimate of drug-likeness (QED) is 0.310. The van der Waals surface area contributed by atoms with E-state index in [-0.39, 0.29) is 5.91 Å². The van der Waals surface area contributed by atoms with Crippen molar-refractivity contribution < 1.29 is 14.3 Å². The Kier molecular flexibility index (Phi) is 8.09. The molecule has 1 N–H and O–H groups in total. The van der Waals surface area contributed by atoms with E-state index in [2.05, 4.69) is 22.3 Å². The van der Waals surface area contributed by atoms with E-state index in [1.54, 1.807) is 11.8 Å². The molecule has 0 spiro atoms. The van der Waals surface area contributed by atoms with E-state index in [0.717, 1.165) is 41.4 Å². The monoisotopic (exact) mass is 500 g/mol. The number of hydrogen-bond acceptors (Lipinski definition) is 6. The summed E-state index contributed by atoms with van der Waals surface area (Å²) < 4.78 is 5.04. The number of nitrogens with zero attached hydrogens (tertiary/aromatic N) is 1. The molecule has 0 aliphatic carbocycles. The Morgan fingerprint density at radius 1 is 1.15 bits per heavy atom. The average molecular weight is 501 g/mol. The van der Waals surface area contributed by atoms with Crippen LogP contribution in [0.3, 0.4) is 0 Å². The first-order valence-electron chi connectivity index (χ1n) is 10.7. The maximum absolute atomic E-state index is 12.6. The van der Waals surface area contributed by atoms with Gasteiger partial charge in [0.25, 0.3) is 0 Å². The van der Waals surface area contributed by atoms with Gasteiger partial charge in [-0.05, 0) is 41.8 Å². The van der Waals surface area contributed by atoms with Crippen LogP contribution in [0.15, 0.2) is 59.5 Å². The van der Waals surface area contributed by atoms with Gasteiger partial charge in [-0.15, -0.1) is 23.1 Å². The van der Waals surface area contributed by atoms with Crippen molar-refractivity contribution in [3.05, 3.63) is 81.2 Å². The number of benzene rings is 2. The van der Waals surface area contributed by atoms with Gasteiger partial charge in [-0.25, -0.2) is 4.79 Å².